The number of carbonyl (C=O) groups is 1. The molecule has 0 saturated carbocycles. The summed E-state index contributed by atoms with van der Waals surface area (Å²) in [7, 11) is 1.68. The maximum Gasteiger partial charge on any atom is 0.279 e. The second-order valence-electron chi connectivity index (χ2n) is 8.74. The topological polar surface area (TPSA) is 75.9 Å². The molecule has 3 rings (SSSR count). The van der Waals surface area contributed by atoms with Crippen molar-refractivity contribution < 1.29 is 14.3 Å². The van der Waals surface area contributed by atoms with E-state index < -0.39 is 23.3 Å². The lowest BCUT2D eigenvalue weighted by molar-refractivity contribution is -0.156. The molecule has 152 valence electrons. The summed E-state index contributed by atoms with van der Waals surface area (Å²) in [5, 5.41) is 0. The molecule has 2 N–H and O–H groups in total. The first-order valence-corrected chi connectivity index (χ1v) is 10.0. The van der Waals surface area contributed by atoms with E-state index in [1.807, 2.05) is 51.0 Å². The van der Waals surface area contributed by atoms with Crippen LogP contribution in [-0.4, -0.2) is 48.2 Å². The highest BCUT2D eigenvalue weighted by molar-refractivity contribution is 6.04. The molecule has 0 bridgehead atoms. The molecule has 6 nitrogen and oxygen atoms in total. The summed E-state index contributed by atoms with van der Waals surface area (Å²) in [5.74, 6) is 1.59. The first kappa shape index (κ1) is 20.7. The zero-order valence-corrected chi connectivity index (χ0v) is 17.3. The van der Waals surface area contributed by atoms with Gasteiger partial charge in [0.05, 0.1) is 17.2 Å². The van der Waals surface area contributed by atoms with Crippen LogP contribution in [0, 0.1) is 0 Å². The van der Waals surface area contributed by atoms with Crippen molar-refractivity contribution in [2.24, 2.45) is 5.73 Å². The number of hydrogen-bond acceptors (Lipinski definition) is 5. The molecule has 0 radical (unpaired) electrons. The zero-order chi connectivity index (χ0) is 20.5. The van der Waals surface area contributed by atoms with Crippen LogP contribution in [0.25, 0.3) is 0 Å². The third-order valence-electron chi connectivity index (χ3n) is 5.47. The van der Waals surface area contributed by atoms with E-state index >= 15 is 0 Å². The zero-order valence-electron chi connectivity index (χ0n) is 17.3. The fraction of sp³-hybridized carbons (Fsp3) is 0.591. The lowest BCUT2D eigenvalue weighted by Gasteiger charge is -2.39. The highest BCUT2D eigenvalue weighted by atomic mass is 16.5. The summed E-state index contributed by atoms with van der Waals surface area (Å²) < 4.78 is 6.08. The Morgan fingerprint density at radius 3 is 2.32 bits per heavy atom. The summed E-state index contributed by atoms with van der Waals surface area (Å²) in [6.07, 6.45) is 4.42. The van der Waals surface area contributed by atoms with E-state index in [2.05, 4.69) is 4.90 Å². The van der Waals surface area contributed by atoms with E-state index in [1.165, 1.54) is 4.90 Å². The summed E-state index contributed by atoms with van der Waals surface area (Å²) in [6, 6.07) is 7.24. The highest BCUT2D eigenvalue weighted by Crippen LogP contribution is 2.44. The molecule has 0 aliphatic carbocycles. The van der Waals surface area contributed by atoms with E-state index in [0.29, 0.717) is 0 Å². The van der Waals surface area contributed by atoms with Crippen LogP contribution in [0.5, 0.6) is 0 Å². The molecule has 0 aromatic heterocycles. The predicted molar refractivity (Wildman–Crippen MR) is 110 cm³/mol. The Morgan fingerprint density at radius 1 is 1.14 bits per heavy atom. The van der Waals surface area contributed by atoms with Crippen LogP contribution in [0.4, 0.5) is 5.69 Å². The van der Waals surface area contributed by atoms with Crippen molar-refractivity contribution in [3.63, 3.8) is 0 Å². The molecule has 28 heavy (non-hydrogen) atoms. The number of likely N-dealkylation sites (N-methyl/N-ethyl adjacent to an activating group) is 1. The second kappa shape index (κ2) is 7.80. The van der Waals surface area contributed by atoms with Gasteiger partial charge in [0.25, 0.3) is 5.91 Å². The summed E-state index contributed by atoms with van der Waals surface area (Å²) in [6.45, 7) is 7.17. The number of hydrogen-bond donors (Lipinski definition) is 1. The van der Waals surface area contributed by atoms with Crippen LogP contribution in [0.3, 0.4) is 0 Å². The van der Waals surface area contributed by atoms with Gasteiger partial charge < -0.3 is 9.64 Å². The molecule has 1 aromatic carbocycles. The Hall–Kier alpha value is -1.98. The number of likely N-dealkylation sites (tertiary alicyclic amines) is 1. The van der Waals surface area contributed by atoms with Gasteiger partial charge in [-0.25, -0.2) is 4.79 Å². The summed E-state index contributed by atoms with van der Waals surface area (Å²) in [5.41, 5.74) is 5.82. The number of benzene rings is 1. The van der Waals surface area contributed by atoms with E-state index in [9.17, 15) is 9.59 Å². The van der Waals surface area contributed by atoms with Gasteiger partial charge in [-0.15, -0.1) is 0 Å². The molecule has 0 spiro atoms. The Bertz CT molecular complexity index is 786. The smallest absolute Gasteiger partial charge is 0.279 e. The lowest BCUT2D eigenvalue weighted by atomic mass is 9.90. The Labute approximate surface area is 167 Å². The van der Waals surface area contributed by atoms with Crippen molar-refractivity contribution in [3.8, 4) is 0 Å². The molecule has 1 fully saturated rings. The third-order valence-corrected chi connectivity index (χ3v) is 5.47. The molecular formula is C22H31N3O3. The van der Waals surface area contributed by atoms with Crippen LogP contribution >= 0.6 is 0 Å². The van der Waals surface area contributed by atoms with Gasteiger partial charge in [0.15, 0.2) is 0 Å². The minimum atomic E-state index is -1.87. The molecule has 2 unspecified atom stereocenters. The Balaban J connectivity index is 2.22. The van der Waals surface area contributed by atoms with Crippen molar-refractivity contribution in [2.75, 3.05) is 25.0 Å². The number of nitrogens with zero attached hydrogens (tertiary/aromatic N) is 2. The molecule has 6 heteroatoms. The van der Waals surface area contributed by atoms with Crippen molar-refractivity contribution in [3.05, 3.63) is 35.4 Å². The number of rotatable bonds is 2. The number of para-hydroxylation sites is 1. The van der Waals surface area contributed by atoms with E-state index in [-0.39, 0.29) is 5.57 Å². The van der Waals surface area contributed by atoms with Crippen molar-refractivity contribution >= 4 is 17.5 Å². The van der Waals surface area contributed by atoms with Crippen LogP contribution in [0.15, 0.2) is 29.8 Å². The van der Waals surface area contributed by atoms with Crippen LogP contribution in [-0.2, 0) is 14.3 Å². The molecule has 1 amide bonds. The molecule has 2 atom stereocenters. The normalized spacial score (nSPS) is 27.0. The van der Waals surface area contributed by atoms with Crippen LogP contribution < -0.4 is 10.6 Å². The fourth-order valence-electron chi connectivity index (χ4n) is 4.30. The third kappa shape index (κ3) is 3.78. The Morgan fingerprint density at radius 2 is 1.75 bits per heavy atom. The van der Waals surface area contributed by atoms with Crippen LogP contribution in [0.2, 0.25) is 0 Å². The number of ether oxygens (including phenoxy) is 1. The number of carbonyl (C=O) groups excluding carboxylic acids is 2. The van der Waals surface area contributed by atoms with Gasteiger partial charge in [-0.3, -0.25) is 15.4 Å². The SMILES string of the molecule is CN1C(=O)C(N)(OC(C)(C)C)C(=C=O)C(N2CCCCCC2)c2ccccc21. The lowest BCUT2D eigenvalue weighted by Crippen LogP contribution is -2.61. The highest BCUT2D eigenvalue weighted by Gasteiger charge is 2.52. The van der Waals surface area contributed by atoms with Crippen molar-refractivity contribution in [1.29, 1.82) is 0 Å². The van der Waals surface area contributed by atoms with E-state index in [4.69, 9.17) is 10.5 Å². The standard InChI is InChI=1S/C22H31N3O3/c1-21(2,3)28-22(23)17(15-26)19(25-13-9-5-6-10-14-25)16-11-7-8-12-18(16)24(4)20(22)27/h7-8,11-12,19H,5-6,9-10,13-14,23H2,1-4H3. The molecule has 1 aromatic rings. The average molecular weight is 386 g/mol. The fourth-order valence-corrected chi connectivity index (χ4v) is 4.30. The van der Waals surface area contributed by atoms with Gasteiger partial charge in [0.2, 0.25) is 5.72 Å². The van der Waals surface area contributed by atoms with Gasteiger partial charge in [-0.2, -0.15) is 0 Å². The largest absolute Gasteiger partial charge is 0.342 e. The van der Waals surface area contributed by atoms with Gasteiger partial charge in [0.1, 0.15) is 5.94 Å². The number of amides is 1. The van der Waals surface area contributed by atoms with Gasteiger partial charge in [-0.1, -0.05) is 31.0 Å². The predicted octanol–water partition coefficient (Wildman–Crippen LogP) is 2.81. The maximum absolute atomic E-state index is 13.4. The quantitative estimate of drug-likeness (QED) is 0.626. The number of fused-ring (bicyclic) bond motifs is 1. The molecule has 2 heterocycles. The molecule has 2 aliphatic heterocycles. The minimum Gasteiger partial charge on any atom is -0.342 e. The minimum absolute atomic E-state index is 0.158. The molecule has 1 saturated heterocycles. The molecule has 2 aliphatic rings. The first-order chi connectivity index (χ1) is 13.2. The summed E-state index contributed by atoms with van der Waals surface area (Å²) >= 11 is 0. The van der Waals surface area contributed by atoms with Crippen molar-refractivity contribution in [2.45, 2.75) is 63.8 Å². The number of anilines is 1. The van der Waals surface area contributed by atoms with Crippen molar-refractivity contribution in [1.82, 2.24) is 4.90 Å². The van der Waals surface area contributed by atoms with Gasteiger partial charge >= 0.3 is 0 Å². The average Bonchev–Trinajstić information content (AvgIpc) is 2.94. The van der Waals surface area contributed by atoms with E-state index in [1.54, 1.807) is 7.05 Å². The number of nitrogens with two attached hydrogens (primary N) is 1. The monoisotopic (exact) mass is 385 g/mol. The van der Waals surface area contributed by atoms with E-state index in [0.717, 1.165) is 50.0 Å². The second-order valence-corrected chi connectivity index (χ2v) is 8.74. The van der Waals surface area contributed by atoms with Gasteiger partial charge in [0, 0.05) is 12.7 Å². The van der Waals surface area contributed by atoms with Crippen LogP contribution in [0.1, 0.15) is 58.1 Å². The summed E-state index contributed by atoms with van der Waals surface area (Å²) in [4.78, 5) is 29.5. The molecular weight excluding hydrogens is 354 g/mol. The maximum atomic E-state index is 13.4. The van der Waals surface area contributed by atoms with Gasteiger partial charge in [-0.05, 0) is 58.3 Å². The first-order valence-electron chi connectivity index (χ1n) is 10.0. The Kier molecular flexibility index (Phi) is 5.78.